The van der Waals surface area contributed by atoms with E-state index in [0.29, 0.717) is 12.4 Å². The van der Waals surface area contributed by atoms with Crippen molar-refractivity contribution >= 4 is 22.7 Å². The number of hydrazone groups is 1. The van der Waals surface area contributed by atoms with Crippen LogP contribution in [-0.2, 0) is 0 Å². The number of anilines is 1. The van der Waals surface area contributed by atoms with Gasteiger partial charge in [0.15, 0.2) is 11.5 Å². The first-order chi connectivity index (χ1) is 11.8. The highest BCUT2D eigenvalue weighted by molar-refractivity contribution is 5.94. The molecule has 0 aliphatic carbocycles. The number of ether oxygens (including phenoxy) is 2. The number of rotatable bonds is 6. The smallest absolute Gasteiger partial charge is 0.161 e. The summed E-state index contributed by atoms with van der Waals surface area (Å²) in [5, 5.41) is 6.66. The Morgan fingerprint density at radius 3 is 2.67 bits per heavy atom. The number of hydrogen-bond acceptors (Lipinski definition) is 4. The van der Waals surface area contributed by atoms with Crippen molar-refractivity contribution < 1.29 is 9.47 Å². The maximum absolute atomic E-state index is 5.52. The fourth-order valence-electron chi connectivity index (χ4n) is 2.54. The SMILES string of the molecule is CCOc1ccc(C=NNc2cccc3ccccc23)cc1OC. The molecule has 0 bridgehead atoms. The van der Waals surface area contributed by atoms with Crippen molar-refractivity contribution in [1.29, 1.82) is 0 Å². The first-order valence-corrected chi connectivity index (χ1v) is 7.89. The summed E-state index contributed by atoms with van der Waals surface area (Å²) in [6, 6.07) is 20.1. The molecular weight excluding hydrogens is 300 g/mol. The highest BCUT2D eigenvalue weighted by Gasteiger charge is 2.04. The van der Waals surface area contributed by atoms with Gasteiger partial charge in [-0.05, 0) is 42.1 Å². The third-order valence-electron chi connectivity index (χ3n) is 3.68. The molecule has 0 unspecified atom stereocenters. The molecular formula is C20H20N2O2. The van der Waals surface area contributed by atoms with Gasteiger partial charge in [0.25, 0.3) is 0 Å². The van der Waals surface area contributed by atoms with Gasteiger partial charge in [-0.25, -0.2) is 0 Å². The van der Waals surface area contributed by atoms with E-state index >= 15 is 0 Å². The van der Waals surface area contributed by atoms with Crippen LogP contribution in [0.5, 0.6) is 11.5 Å². The van der Waals surface area contributed by atoms with Gasteiger partial charge in [0.1, 0.15) is 0 Å². The van der Waals surface area contributed by atoms with Crippen LogP contribution in [0.4, 0.5) is 5.69 Å². The second-order valence-corrected chi connectivity index (χ2v) is 5.24. The zero-order valence-corrected chi connectivity index (χ0v) is 13.8. The molecule has 1 N–H and O–H groups in total. The molecule has 4 heteroatoms. The van der Waals surface area contributed by atoms with Gasteiger partial charge in [-0.1, -0.05) is 36.4 Å². The maximum Gasteiger partial charge on any atom is 0.161 e. The summed E-state index contributed by atoms with van der Waals surface area (Å²) in [7, 11) is 1.63. The van der Waals surface area contributed by atoms with Crippen LogP contribution in [0, 0.1) is 0 Å². The summed E-state index contributed by atoms with van der Waals surface area (Å²) < 4.78 is 10.9. The molecule has 3 rings (SSSR count). The van der Waals surface area contributed by atoms with E-state index in [-0.39, 0.29) is 0 Å². The summed E-state index contributed by atoms with van der Waals surface area (Å²) in [6.45, 7) is 2.55. The Labute approximate surface area is 141 Å². The molecule has 0 amide bonds. The molecule has 0 atom stereocenters. The third-order valence-corrected chi connectivity index (χ3v) is 3.68. The predicted octanol–water partition coefficient (Wildman–Crippen LogP) is 4.69. The van der Waals surface area contributed by atoms with Gasteiger partial charge >= 0.3 is 0 Å². The van der Waals surface area contributed by atoms with Gasteiger partial charge in [0.05, 0.1) is 25.6 Å². The minimum absolute atomic E-state index is 0.604. The summed E-state index contributed by atoms with van der Waals surface area (Å²) in [5.41, 5.74) is 5.02. The summed E-state index contributed by atoms with van der Waals surface area (Å²) in [4.78, 5) is 0. The average Bonchev–Trinajstić information content (AvgIpc) is 2.63. The monoisotopic (exact) mass is 320 g/mol. The first kappa shape index (κ1) is 15.9. The van der Waals surface area contributed by atoms with Gasteiger partial charge in [-0.2, -0.15) is 5.10 Å². The molecule has 0 saturated carbocycles. The van der Waals surface area contributed by atoms with Gasteiger partial charge in [0.2, 0.25) is 0 Å². The predicted molar refractivity (Wildman–Crippen MR) is 99.3 cm³/mol. The Bertz CT molecular complexity index is 854. The quantitative estimate of drug-likeness (QED) is 0.529. The first-order valence-electron chi connectivity index (χ1n) is 7.89. The molecule has 122 valence electrons. The second-order valence-electron chi connectivity index (χ2n) is 5.24. The lowest BCUT2D eigenvalue weighted by molar-refractivity contribution is 0.311. The van der Waals surface area contributed by atoms with Crippen LogP contribution in [0.1, 0.15) is 12.5 Å². The molecule has 0 heterocycles. The lowest BCUT2D eigenvalue weighted by atomic mass is 10.1. The van der Waals surface area contributed by atoms with Crippen molar-refractivity contribution in [3.05, 3.63) is 66.2 Å². The van der Waals surface area contributed by atoms with Crippen molar-refractivity contribution in [2.24, 2.45) is 5.10 Å². The van der Waals surface area contributed by atoms with Crippen molar-refractivity contribution in [2.75, 3.05) is 19.1 Å². The highest BCUT2D eigenvalue weighted by atomic mass is 16.5. The van der Waals surface area contributed by atoms with Crippen molar-refractivity contribution in [1.82, 2.24) is 0 Å². The molecule has 3 aromatic carbocycles. The summed E-state index contributed by atoms with van der Waals surface area (Å²) in [6.07, 6.45) is 1.76. The van der Waals surface area contributed by atoms with Crippen LogP contribution in [0.3, 0.4) is 0 Å². The van der Waals surface area contributed by atoms with E-state index in [1.807, 2.05) is 49.4 Å². The van der Waals surface area contributed by atoms with E-state index in [9.17, 15) is 0 Å². The Balaban J connectivity index is 1.78. The lowest BCUT2D eigenvalue weighted by Gasteiger charge is -2.09. The molecule has 0 aliphatic rings. The lowest BCUT2D eigenvalue weighted by Crippen LogP contribution is -1.97. The van der Waals surface area contributed by atoms with Crippen molar-refractivity contribution in [3.63, 3.8) is 0 Å². The van der Waals surface area contributed by atoms with E-state index < -0.39 is 0 Å². The van der Waals surface area contributed by atoms with Crippen LogP contribution in [0.2, 0.25) is 0 Å². The Morgan fingerprint density at radius 1 is 1.00 bits per heavy atom. The fraction of sp³-hybridized carbons (Fsp3) is 0.150. The van der Waals surface area contributed by atoms with Gasteiger partial charge in [0, 0.05) is 5.39 Å². The maximum atomic E-state index is 5.52. The summed E-state index contributed by atoms with van der Waals surface area (Å²) in [5.74, 6) is 1.44. The standard InChI is InChI=1S/C20H20N2O2/c1-3-24-19-12-11-15(13-20(19)23-2)14-21-22-18-10-6-8-16-7-4-5-9-17(16)18/h4-14,22H,3H2,1-2H3. The number of nitrogens with zero attached hydrogens (tertiary/aromatic N) is 1. The zero-order valence-electron chi connectivity index (χ0n) is 13.8. The normalized spacial score (nSPS) is 10.9. The topological polar surface area (TPSA) is 42.8 Å². The molecule has 4 nitrogen and oxygen atoms in total. The Hall–Kier alpha value is -3.01. The van der Waals surface area contributed by atoms with Gasteiger partial charge in [-0.15, -0.1) is 0 Å². The molecule has 0 aliphatic heterocycles. The van der Waals surface area contributed by atoms with Gasteiger partial charge in [-0.3, -0.25) is 5.43 Å². The van der Waals surface area contributed by atoms with E-state index in [0.717, 1.165) is 22.4 Å². The van der Waals surface area contributed by atoms with Crippen LogP contribution in [0.25, 0.3) is 10.8 Å². The highest BCUT2D eigenvalue weighted by Crippen LogP contribution is 2.27. The van der Waals surface area contributed by atoms with E-state index in [1.165, 1.54) is 5.39 Å². The molecule has 0 spiro atoms. The molecule has 0 aromatic heterocycles. The number of benzene rings is 3. The van der Waals surface area contributed by atoms with Crippen LogP contribution in [0.15, 0.2) is 65.8 Å². The Morgan fingerprint density at radius 2 is 1.83 bits per heavy atom. The van der Waals surface area contributed by atoms with Crippen LogP contribution in [-0.4, -0.2) is 19.9 Å². The average molecular weight is 320 g/mol. The van der Waals surface area contributed by atoms with Crippen LogP contribution >= 0.6 is 0 Å². The minimum Gasteiger partial charge on any atom is -0.493 e. The van der Waals surface area contributed by atoms with E-state index in [1.54, 1.807) is 13.3 Å². The molecule has 3 aromatic rings. The minimum atomic E-state index is 0.604. The largest absolute Gasteiger partial charge is 0.493 e. The van der Waals surface area contributed by atoms with Crippen molar-refractivity contribution in [2.45, 2.75) is 6.92 Å². The molecule has 0 fully saturated rings. The van der Waals surface area contributed by atoms with Crippen molar-refractivity contribution in [3.8, 4) is 11.5 Å². The number of nitrogens with one attached hydrogen (secondary N) is 1. The Kier molecular flexibility index (Phi) is 4.96. The number of hydrogen-bond donors (Lipinski definition) is 1. The fourth-order valence-corrected chi connectivity index (χ4v) is 2.54. The third kappa shape index (κ3) is 3.49. The van der Waals surface area contributed by atoms with E-state index in [2.05, 4.69) is 28.7 Å². The zero-order chi connectivity index (χ0) is 16.8. The second kappa shape index (κ2) is 7.51. The summed E-state index contributed by atoms with van der Waals surface area (Å²) >= 11 is 0. The van der Waals surface area contributed by atoms with Crippen LogP contribution < -0.4 is 14.9 Å². The molecule has 0 radical (unpaired) electrons. The number of methoxy groups -OCH3 is 1. The molecule has 24 heavy (non-hydrogen) atoms. The van der Waals surface area contributed by atoms with Gasteiger partial charge < -0.3 is 9.47 Å². The number of fused-ring (bicyclic) bond motifs is 1. The van der Waals surface area contributed by atoms with E-state index in [4.69, 9.17) is 9.47 Å². The molecule has 0 saturated heterocycles.